The number of alkyl halides is 3. The van der Waals surface area contributed by atoms with E-state index in [0.717, 1.165) is 11.6 Å². The number of amides is 2. The normalized spacial score (nSPS) is 11.0. The maximum absolute atomic E-state index is 13.0. The summed E-state index contributed by atoms with van der Waals surface area (Å²) in [6, 6.07) is 11.8. The summed E-state index contributed by atoms with van der Waals surface area (Å²) in [6.45, 7) is 3.12. The molecule has 2 aromatic rings. The van der Waals surface area contributed by atoms with E-state index >= 15 is 0 Å². The topological polar surface area (TPSA) is 58.6 Å². The molecule has 2 rings (SSSR count). The largest absolute Gasteiger partial charge is 0.484 e. The van der Waals surface area contributed by atoms with Gasteiger partial charge in [0, 0.05) is 6.54 Å². The minimum atomic E-state index is -4.59. The van der Waals surface area contributed by atoms with E-state index < -0.39 is 23.6 Å². The Kier molecular flexibility index (Phi) is 7.03. The van der Waals surface area contributed by atoms with Crippen molar-refractivity contribution < 1.29 is 27.5 Å². The Morgan fingerprint density at radius 3 is 2.46 bits per heavy atom. The molecular formula is C20H21F3N2O3. The van der Waals surface area contributed by atoms with Crippen molar-refractivity contribution in [1.82, 2.24) is 4.90 Å². The molecular weight excluding hydrogens is 373 g/mol. The second-order valence-electron chi connectivity index (χ2n) is 6.10. The number of hydrogen-bond acceptors (Lipinski definition) is 3. The van der Waals surface area contributed by atoms with Crippen molar-refractivity contribution in [2.75, 3.05) is 25.0 Å². The van der Waals surface area contributed by atoms with E-state index in [0.29, 0.717) is 5.75 Å². The first-order valence-corrected chi connectivity index (χ1v) is 8.64. The lowest BCUT2D eigenvalue weighted by atomic mass is 10.1. The summed E-state index contributed by atoms with van der Waals surface area (Å²) < 4.78 is 44.5. The van der Waals surface area contributed by atoms with E-state index in [9.17, 15) is 22.8 Å². The number of anilines is 1. The summed E-state index contributed by atoms with van der Waals surface area (Å²) in [5, 5.41) is 2.22. The molecule has 5 nitrogen and oxygen atoms in total. The summed E-state index contributed by atoms with van der Waals surface area (Å²) >= 11 is 0. The number of nitrogens with zero attached hydrogens (tertiary/aromatic N) is 1. The molecule has 0 fully saturated rings. The number of hydrogen-bond donors (Lipinski definition) is 1. The maximum atomic E-state index is 13.0. The third-order valence-corrected chi connectivity index (χ3v) is 3.93. The van der Waals surface area contributed by atoms with Crippen molar-refractivity contribution in [2.45, 2.75) is 20.0 Å². The number of para-hydroxylation sites is 1. The van der Waals surface area contributed by atoms with Gasteiger partial charge < -0.3 is 15.0 Å². The zero-order valence-corrected chi connectivity index (χ0v) is 15.5. The number of benzene rings is 2. The van der Waals surface area contributed by atoms with Crippen molar-refractivity contribution in [3.8, 4) is 5.75 Å². The lowest BCUT2D eigenvalue weighted by Gasteiger charge is -2.21. The van der Waals surface area contributed by atoms with E-state index in [1.54, 1.807) is 25.1 Å². The Morgan fingerprint density at radius 1 is 1.11 bits per heavy atom. The molecule has 8 heteroatoms. The quantitative estimate of drug-likeness (QED) is 0.775. The number of likely N-dealkylation sites (N-methyl/N-ethyl adjacent to an activating group) is 1. The smallest absolute Gasteiger partial charge is 0.418 e. The molecule has 2 amide bonds. The first kappa shape index (κ1) is 21.3. The fourth-order valence-electron chi connectivity index (χ4n) is 2.52. The highest BCUT2D eigenvalue weighted by atomic mass is 19.4. The maximum Gasteiger partial charge on any atom is 0.418 e. The van der Waals surface area contributed by atoms with Crippen LogP contribution in [0.25, 0.3) is 0 Å². The van der Waals surface area contributed by atoms with Crippen LogP contribution in [-0.2, 0) is 15.8 Å². The van der Waals surface area contributed by atoms with E-state index in [4.69, 9.17) is 4.74 Å². The van der Waals surface area contributed by atoms with E-state index in [1.807, 2.05) is 13.0 Å². The summed E-state index contributed by atoms with van der Waals surface area (Å²) in [6.07, 6.45) is -4.59. The monoisotopic (exact) mass is 394 g/mol. The molecule has 0 aromatic heterocycles. The highest BCUT2D eigenvalue weighted by Gasteiger charge is 2.33. The highest BCUT2D eigenvalue weighted by molar-refractivity contribution is 5.95. The van der Waals surface area contributed by atoms with Crippen molar-refractivity contribution in [1.29, 1.82) is 0 Å². The SMILES string of the molecule is CCN(CC(=O)Nc1ccccc1C(F)(F)F)C(=O)COc1cccc(C)c1. The van der Waals surface area contributed by atoms with Crippen LogP contribution in [0.15, 0.2) is 48.5 Å². The molecule has 0 unspecified atom stereocenters. The highest BCUT2D eigenvalue weighted by Crippen LogP contribution is 2.34. The van der Waals surface area contributed by atoms with Gasteiger partial charge in [0.1, 0.15) is 5.75 Å². The lowest BCUT2D eigenvalue weighted by molar-refractivity contribution is -0.137. The Labute approximate surface area is 161 Å². The number of ether oxygens (including phenoxy) is 1. The zero-order chi connectivity index (χ0) is 20.7. The molecule has 0 aliphatic heterocycles. The van der Waals surface area contributed by atoms with Gasteiger partial charge in [-0.2, -0.15) is 13.2 Å². The average Bonchev–Trinajstić information content (AvgIpc) is 2.64. The molecule has 0 atom stereocenters. The zero-order valence-electron chi connectivity index (χ0n) is 15.5. The van der Waals surface area contributed by atoms with Crippen LogP contribution in [0.5, 0.6) is 5.75 Å². The van der Waals surface area contributed by atoms with Crippen LogP contribution in [-0.4, -0.2) is 36.4 Å². The molecule has 0 bridgehead atoms. The third-order valence-electron chi connectivity index (χ3n) is 3.93. The Hall–Kier alpha value is -3.03. The van der Waals surface area contributed by atoms with Gasteiger partial charge in [-0.15, -0.1) is 0 Å². The fraction of sp³-hybridized carbons (Fsp3) is 0.300. The van der Waals surface area contributed by atoms with Crippen molar-refractivity contribution >= 4 is 17.5 Å². The second-order valence-corrected chi connectivity index (χ2v) is 6.10. The Balaban J connectivity index is 1.97. The minimum Gasteiger partial charge on any atom is -0.484 e. The van der Waals surface area contributed by atoms with Crippen LogP contribution in [0.4, 0.5) is 18.9 Å². The standard InChI is InChI=1S/C20H21F3N2O3/c1-3-25(19(27)13-28-15-8-6-7-14(2)11-15)12-18(26)24-17-10-5-4-9-16(17)20(21,22)23/h4-11H,3,12-13H2,1-2H3,(H,24,26). The third kappa shape index (κ3) is 6.00. The summed E-state index contributed by atoms with van der Waals surface area (Å²) in [4.78, 5) is 25.7. The number of carbonyl (C=O) groups excluding carboxylic acids is 2. The van der Waals surface area contributed by atoms with Gasteiger partial charge in [0.2, 0.25) is 5.91 Å². The van der Waals surface area contributed by atoms with Crippen LogP contribution in [0.1, 0.15) is 18.1 Å². The predicted molar refractivity (Wildman–Crippen MR) is 99.0 cm³/mol. The molecule has 1 N–H and O–H groups in total. The summed E-state index contributed by atoms with van der Waals surface area (Å²) in [5.74, 6) is -0.640. The number of aryl methyl sites for hydroxylation is 1. The van der Waals surface area contributed by atoms with Crippen LogP contribution >= 0.6 is 0 Å². The van der Waals surface area contributed by atoms with Crippen LogP contribution < -0.4 is 10.1 Å². The molecule has 0 radical (unpaired) electrons. The number of carbonyl (C=O) groups is 2. The van der Waals surface area contributed by atoms with Gasteiger partial charge in [-0.3, -0.25) is 9.59 Å². The van der Waals surface area contributed by atoms with Gasteiger partial charge in [-0.1, -0.05) is 24.3 Å². The first-order valence-electron chi connectivity index (χ1n) is 8.64. The second kappa shape index (κ2) is 9.25. The van der Waals surface area contributed by atoms with Crippen LogP contribution in [0.2, 0.25) is 0 Å². The summed E-state index contributed by atoms with van der Waals surface area (Å²) in [5.41, 5.74) is -0.319. The lowest BCUT2D eigenvalue weighted by Crippen LogP contribution is -2.40. The van der Waals surface area contributed by atoms with E-state index in [-0.39, 0.29) is 25.4 Å². The van der Waals surface area contributed by atoms with Crippen LogP contribution in [0.3, 0.4) is 0 Å². The molecule has 0 aliphatic carbocycles. The molecule has 150 valence electrons. The van der Waals surface area contributed by atoms with Gasteiger partial charge in [0.05, 0.1) is 17.8 Å². The van der Waals surface area contributed by atoms with Gasteiger partial charge in [0.25, 0.3) is 5.91 Å². The van der Waals surface area contributed by atoms with Crippen molar-refractivity contribution in [2.24, 2.45) is 0 Å². The van der Waals surface area contributed by atoms with Gasteiger partial charge in [0.15, 0.2) is 6.61 Å². The average molecular weight is 394 g/mol. The van der Waals surface area contributed by atoms with Gasteiger partial charge >= 0.3 is 6.18 Å². The van der Waals surface area contributed by atoms with Gasteiger partial charge in [-0.25, -0.2) is 0 Å². The predicted octanol–water partition coefficient (Wildman–Crippen LogP) is 3.88. The Morgan fingerprint density at radius 2 is 1.82 bits per heavy atom. The van der Waals surface area contributed by atoms with E-state index in [2.05, 4.69) is 5.32 Å². The molecule has 0 aliphatic rings. The molecule has 2 aromatic carbocycles. The van der Waals surface area contributed by atoms with Crippen molar-refractivity contribution in [3.05, 3.63) is 59.7 Å². The summed E-state index contributed by atoms with van der Waals surface area (Å²) in [7, 11) is 0. The van der Waals surface area contributed by atoms with Crippen LogP contribution in [0, 0.1) is 6.92 Å². The number of halogens is 3. The van der Waals surface area contributed by atoms with Crippen molar-refractivity contribution in [3.63, 3.8) is 0 Å². The molecule has 0 saturated heterocycles. The van der Waals surface area contributed by atoms with Gasteiger partial charge in [-0.05, 0) is 43.7 Å². The molecule has 0 saturated carbocycles. The first-order chi connectivity index (χ1) is 13.2. The number of nitrogens with one attached hydrogen (secondary N) is 1. The molecule has 0 heterocycles. The van der Waals surface area contributed by atoms with E-state index in [1.165, 1.54) is 23.1 Å². The fourth-order valence-corrected chi connectivity index (χ4v) is 2.52. The molecule has 28 heavy (non-hydrogen) atoms. The molecule has 0 spiro atoms. The minimum absolute atomic E-state index is 0.213. The Bertz CT molecular complexity index is 837. The number of rotatable bonds is 7.